The van der Waals surface area contributed by atoms with Crippen LogP contribution in [0.15, 0.2) is 6.20 Å². The summed E-state index contributed by atoms with van der Waals surface area (Å²) in [5.41, 5.74) is 6.06. The summed E-state index contributed by atoms with van der Waals surface area (Å²) in [5, 5.41) is 10.4. The van der Waals surface area contributed by atoms with Crippen LogP contribution in [-0.4, -0.2) is 53.4 Å². The monoisotopic (exact) mass is 255 g/mol. The molecule has 0 bridgehead atoms. The van der Waals surface area contributed by atoms with Crippen LogP contribution in [0, 0.1) is 0 Å². The van der Waals surface area contributed by atoms with Gasteiger partial charge in [-0.05, 0) is 0 Å². The quantitative estimate of drug-likeness (QED) is 0.648. The van der Waals surface area contributed by atoms with Crippen LogP contribution in [0.1, 0.15) is 5.69 Å². The van der Waals surface area contributed by atoms with Crippen LogP contribution in [0.25, 0.3) is 0 Å². The van der Waals surface area contributed by atoms with Crippen molar-refractivity contribution in [2.75, 3.05) is 26.4 Å². The number of carbonyl (C=O) groups is 1. The van der Waals surface area contributed by atoms with Gasteiger partial charge in [0.2, 0.25) is 5.91 Å². The summed E-state index contributed by atoms with van der Waals surface area (Å²) in [5.74, 6) is -0.141. The lowest BCUT2D eigenvalue weighted by molar-refractivity contribution is -0.124. The smallest absolute Gasteiger partial charge is 0.241 e. The van der Waals surface area contributed by atoms with E-state index in [9.17, 15) is 4.79 Å². The fourth-order valence-corrected chi connectivity index (χ4v) is 1.59. The largest absolute Gasteiger partial charge is 0.376 e. The van der Waals surface area contributed by atoms with E-state index in [4.69, 9.17) is 15.2 Å². The van der Waals surface area contributed by atoms with Gasteiger partial charge in [0.15, 0.2) is 0 Å². The van der Waals surface area contributed by atoms with Crippen LogP contribution >= 0.6 is 0 Å². The van der Waals surface area contributed by atoms with E-state index >= 15 is 0 Å². The van der Waals surface area contributed by atoms with E-state index < -0.39 is 0 Å². The van der Waals surface area contributed by atoms with Gasteiger partial charge in [-0.3, -0.25) is 4.79 Å². The molecule has 1 fully saturated rings. The van der Waals surface area contributed by atoms with Crippen molar-refractivity contribution in [1.82, 2.24) is 20.3 Å². The van der Waals surface area contributed by atoms with E-state index in [1.165, 1.54) is 4.68 Å². The molecule has 2 rings (SSSR count). The molecule has 1 unspecified atom stereocenters. The Morgan fingerprint density at radius 3 is 3.17 bits per heavy atom. The summed E-state index contributed by atoms with van der Waals surface area (Å²) in [6, 6.07) is 0. The molecule has 2 heterocycles. The van der Waals surface area contributed by atoms with E-state index in [-0.39, 0.29) is 18.6 Å². The Morgan fingerprint density at radius 2 is 2.50 bits per heavy atom. The van der Waals surface area contributed by atoms with Gasteiger partial charge in [0.1, 0.15) is 6.54 Å². The molecule has 1 atom stereocenters. The number of carbonyl (C=O) groups excluding carboxylic acids is 1. The normalized spacial score (nSPS) is 19.7. The zero-order valence-corrected chi connectivity index (χ0v) is 10.0. The van der Waals surface area contributed by atoms with E-state index in [1.54, 1.807) is 6.20 Å². The molecular weight excluding hydrogens is 238 g/mol. The van der Waals surface area contributed by atoms with Crippen LogP contribution in [0.5, 0.6) is 0 Å². The molecule has 1 aliphatic heterocycles. The van der Waals surface area contributed by atoms with Crippen LogP contribution in [-0.2, 0) is 27.4 Å². The molecule has 0 radical (unpaired) electrons. The molecule has 1 amide bonds. The summed E-state index contributed by atoms with van der Waals surface area (Å²) < 4.78 is 12.1. The lowest BCUT2D eigenvalue weighted by Gasteiger charge is -2.22. The Balaban J connectivity index is 1.71. The summed E-state index contributed by atoms with van der Waals surface area (Å²) in [7, 11) is 0. The highest BCUT2D eigenvalue weighted by molar-refractivity contribution is 5.75. The highest BCUT2D eigenvalue weighted by atomic mass is 16.6. The second-order valence-electron chi connectivity index (χ2n) is 3.98. The highest BCUT2D eigenvalue weighted by Crippen LogP contribution is 1.99. The lowest BCUT2D eigenvalue weighted by Crippen LogP contribution is -2.40. The average Bonchev–Trinajstić information content (AvgIpc) is 2.85. The first-order valence-corrected chi connectivity index (χ1v) is 5.83. The van der Waals surface area contributed by atoms with Crippen molar-refractivity contribution in [2.24, 2.45) is 5.73 Å². The topological polar surface area (TPSA) is 104 Å². The Bertz CT molecular complexity index is 389. The number of hydrogen-bond acceptors (Lipinski definition) is 6. The molecule has 0 aromatic carbocycles. The molecule has 0 saturated carbocycles. The Morgan fingerprint density at radius 1 is 1.61 bits per heavy atom. The van der Waals surface area contributed by atoms with Crippen molar-refractivity contribution < 1.29 is 14.3 Å². The summed E-state index contributed by atoms with van der Waals surface area (Å²) in [6.07, 6.45) is 1.58. The second-order valence-corrected chi connectivity index (χ2v) is 3.98. The van der Waals surface area contributed by atoms with Crippen molar-refractivity contribution in [3.63, 3.8) is 0 Å². The third kappa shape index (κ3) is 3.76. The van der Waals surface area contributed by atoms with E-state index in [1.807, 2.05) is 0 Å². The molecule has 0 spiro atoms. The molecule has 8 heteroatoms. The van der Waals surface area contributed by atoms with Gasteiger partial charge in [-0.15, -0.1) is 5.10 Å². The number of nitrogens with one attached hydrogen (secondary N) is 1. The first kappa shape index (κ1) is 12.9. The van der Waals surface area contributed by atoms with Gasteiger partial charge < -0.3 is 20.5 Å². The molecule has 1 aliphatic rings. The number of rotatable bonds is 5. The lowest BCUT2D eigenvalue weighted by atomic mass is 10.3. The predicted molar refractivity (Wildman–Crippen MR) is 61.5 cm³/mol. The predicted octanol–water partition coefficient (Wildman–Crippen LogP) is -1.73. The summed E-state index contributed by atoms with van der Waals surface area (Å²) in [4.78, 5) is 11.6. The standard InChI is InChI=1S/C10H17N5O3/c11-3-8-5-15(14-13-8)6-10(16)12-4-9-7-17-1-2-18-9/h5,9H,1-4,6-7,11H2,(H,12,16). The van der Waals surface area contributed by atoms with Crippen LogP contribution in [0.2, 0.25) is 0 Å². The SMILES string of the molecule is NCc1cn(CC(=O)NCC2COCCO2)nn1. The second kappa shape index (κ2) is 6.43. The van der Waals surface area contributed by atoms with Gasteiger partial charge in [-0.2, -0.15) is 0 Å². The van der Waals surface area contributed by atoms with Gasteiger partial charge >= 0.3 is 0 Å². The molecule has 1 aromatic heterocycles. The van der Waals surface area contributed by atoms with E-state index in [2.05, 4.69) is 15.6 Å². The molecule has 0 aliphatic carbocycles. The molecule has 100 valence electrons. The zero-order chi connectivity index (χ0) is 12.8. The highest BCUT2D eigenvalue weighted by Gasteiger charge is 2.15. The van der Waals surface area contributed by atoms with Crippen molar-refractivity contribution >= 4 is 5.91 Å². The molecular formula is C10H17N5O3. The van der Waals surface area contributed by atoms with Gasteiger partial charge in [-0.1, -0.05) is 5.21 Å². The minimum atomic E-state index is -0.141. The fourth-order valence-electron chi connectivity index (χ4n) is 1.59. The molecule has 1 aromatic rings. The Labute approximate surface area is 104 Å². The maximum atomic E-state index is 11.6. The summed E-state index contributed by atoms with van der Waals surface area (Å²) >= 11 is 0. The van der Waals surface area contributed by atoms with Gasteiger partial charge in [0.05, 0.1) is 37.8 Å². The fraction of sp³-hybridized carbons (Fsp3) is 0.700. The molecule has 18 heavy (non-hydrogen) atoms. The number of ether oxygens (including phenoxy) is 2. The summed E-state index contributed by atoms with van der Waals surface area (Å²) in [6.45, 7) is 2.59. The molecule has 3 N–H and O–H groups in total. The number of hydrogen-bond donors (Lipinski definition) is 2. The van der Waals surface area contributed by atoms with Crippen molar-refractivity contribution in [2.45, 2.75) is 19.2 Å². The minimum Gasteiger partial charge on any atom is -0.376 e. The zero-order valence-electron chi connectivity index (χ0n) is 10.0. The van der Waals surface area contributed by atoms with Crippen molar-refractivity contribution in [3.05, 3.63) is 11.9 Å². The van der Waals surface area contributed by atoms with Crippen LogP contribution in [0.4, 0.5) is 0 Å². The Hall–Kier alpha value is -1.51. The van der Waals surface area contributed by atoms with E-state index in [0.717, 1.165) is 0 Å². The van der Waals surface area contributed by atoms with Crippen LogP contribution < -0.4 is 11.1 Å². The van der Waals surface area contributed by atoms with E-state index in [0.29, 0.717) is 38.6 Å². The molecule has 1 saturated heterocycles. The first-order chi connectivity index (χ1) is 8.78. The Kier molecular flexibility index (Phi) is 4.62. The minimum absolute atomic E-state index is 0.0713. The maximum Gasteiger partial charge on any atom is 0.241 e. The van der Waals surface area contributed by atoms with Gasteiger partial charge in [0, 0.05) is 13.1 Å². The number of nitrogens with two attached hydrogens (primary N) is 1. The number of aromatic nitrogens is 3. The first-order valence-electron chi connectivity index (χ1n) is 5.83. The number of amides is 1. The third-order valence-corrected chi connectivity index (χ3v) is 2.51. The average molecular weight is 255 g/mol. The van der Waals surface area contributed by atoms with Gasteiger partial charge in [0.25, 0.3) is 0 Å². The van der Waals surface area contributed by atoms with Crippen LogP contribution in [0.3, 0.4) is 0 Å². The van der Waals surface area contributed by atoms with Gasteiger partial charge in [-0.25, -0.2) is 4.68 Å². The van der Waals surface area contributed by atoms with Crippen molar-refractivity contribution in [1.29, 1.82) is 0 Å². The third-order valence-electron chi connectivity index (χ3n) is 2.51. The maximum absolute atomic E-state index is 11.6. The number of nitrogens with zero attached hydrogens (tertiary/aromatic N) is 3. The van der Waals surface area contributed by atoms with Crippen molar-refractivity contribution in [3.8, 4) is 0 Å². The molecule has 8 nitrogen and oxygen atoms in total.